The van der Waals surface area contributed by atoms with Crippen LogP contribution in [0.2, 0.25) is 0 Å². The molecule has 1 aromatic rings. The van der Waals surface area contributed by atoms with E-state index in [-0.39, 0.29) is 23.8 Å². The summed E-state index contributed by atoms with van der Waals surface area (Å²) in [5.41, 5.74) is -0.141. The highest BCUT2D eigenvalue weighted by Crippen LogP contribution is 2.33. The number of carbonyl (C=O) groups excluding carboxylic acids is 1. The van der Waals surface area contributed by atoms with Crippen LogP contribution in [-0.4, -0.2) is 40.0 Å². The van der Waals surface area contributed by atoms with E-state index < -0.39 is 0 Å². The van der Waals surface area contributed by atoms with E-state index in [1.807, 2.05) is 13.8 Å². The second-order valence-electron chi connectivity index (χ2n) is 4.64. The predicted octanol–water partition coefficient (Wildman–Crippen LogP) is 0.858. The molecule has 0 atom stereocenters. The Bertz CT molecular complexity index is 504. The van der Waals surface area contributed by atoms with Crippen molar-refractivity contribution in [2.24, 2.45) is 0 Å². The highest BCUT2D eigenvalue weighted by Gasteiger charge is 2.25. The van der Waals surface area contributed by atoms with Gasteiger partial charge in [-0.15, -0.1) is 0 Å². The first-order valence-electron chi connectivity index (χ1n) is 6.76. The van der Waals surface area contributed by atoms with Crippen LogP contribution >= 0.6 is 0 Å². The zero-order valence-electron chi connectivity index (χ0n) is 11.4. The maximum atomic E-state index is 12.1. The van der Waals surface area contributed by atoms with E-state index in [1.54, 1.807) is 21.9 Å². The first-order valence-corrected chi connectivity index (χ1v) is 6.76. The molecule has 1 heterocycles. The molecule has 0 aliphatic heterocycles. The number of anilines is 1. The second-order valence-corrected chi connectivity index (χ2v) is 4.64. The topological polar surface area (TPSA) is 67.2 Å². The van der Waals surface area contributed by atoms with Crippen LogP contribution in [0.3, 0.4) is 0 Å². The number of aromatic nitrogens is 2. The molecule has 6 heteroatoms. The molecule has 0 unspecified atom stereocenters. The highest BCUT2D eigenvalue weighted by atomic mass is 16.2. The van der Waals surface area contributed by atoms with E-state index in [0.717, 1.165) is 12.8 Å². The van der Waals surface area contributed by atoms with Crippen molar-refractivity contribution < 1.29 is 4.79 Å². The molecule has 1 aromatic heterocycles. The fraction of sp³-hybridized carbons (Fsp3) is 0.615. The van der Waals surface area contributed by atoms with Gasteiger partial charge in [-0.05, 0) is 26.7 Å². The van der Waals surface area contributed by atoms with Crippen LogP contribution in [0.5, 0.6) is 0 Å². The molecule has 0 aromatic carbocycles. The first-order chi connectivity index (χ1) is 9.17. The second kappa shape index (κ2) is 5.86. The van der Waals surface area contributed by atoms with Crippen molar-refractivity contribution in [3.63, 3.8) is 0 Å². The normalized spacial score (nSPS) is 14.2. The molecule has 1 fully saturated rings. The maximum absolute atomic E-state index is 12.1. The molecule has 6 nitrogen and oxygen atoms in total. The van der Waals surface area contributed by atoms with Gasteiger partial charge in [-0.1, -0.05) is 0 Å². The lowest BCUT2D eigenvalue weighted by atomic mass is 10.4. The molecular weight excluding hydrogens is 244 g/mol. The Balaban J connectivity index is 2.02. The summed E-state index contributed by atoms with van der Waals surface area (Å²) in [5.74, 6) is 0.239. The lowest BCUT2D eigenvalue weighted by Gasteiger charge is -2.18. The van der Waals surface area contributed by atoms with Gasteiger partial charge in [0.1, 0.15) is 0 Å². The minimum atomic E-state index is -0.141. The Morgan fingerprint density at radius 3 is 2.74 bits per heavy atom. The van der Waals surface area contributed by atoms with Crippen LogP contribution in [0.25, 0.3) is 0 Å². The van der Waals surface area contributed by atoms with Crippen molar-refractivity contribution in [3.8, 4) is 0 Å². The molecule has 1 saturated carbocycles. The summed E-state index contributed by atoms with van der Waals surface area (Å²) in [5, 5.41) is 2.85. The maximum Gasteiger partial charge on any atom is 0.293 e. The Hall–Kier alpha value is -1.85. The van der Waals surface area contributed by atoms with Crippen LogP contribution in [-0.2, 0) is 4.79 Å². The van der Waals surface area contributed by atoms with Crippen LogP contribution in [0.15, 0.2) is 17.2 Å². The Kier molecular flexibility index (Phi) is 4.19. The average molecular weight is 264 g/mol. The minimum absolute atomic E-state index is 0.0203. The third-order valence-corrected chi connectivity index (χ3v) is 3.33. The number of carbonyl (C=O) groups is 1. The van der Waals surface area contributed by atoms with Gasteiger partial charge in [0, 0.05) is 31.5 Å². The summed E-state index contributed by atoms with van der Waals surface area (Å²) in [6, 6.07) is 0.314. The van der Waals surface area contributed by atoms with Gasteiger partial charge in [-0.2, -0.15) is 0 Å². The zero-order chi connectivity index (χ0) is 13.8. The lowest BCUT2D eigenvalue weighted by Crippen LogP contribution is -2.36. The molecule has 2 rings (SSSR count). The van der Waals surface area contributed by atoms with Crippen LogP contribution in [0.1, 0.15) is 32.7 Å². The van der Waals surface area contributed by atoms with Gasteiger partial charge < -0.3 is 14.8 Å². The molecule has 0 spiro atoms. The molecule has 0 radical (unpaired) electrons. The summed E-state index contributed by atoms with van der Waals surface area (Å²) in [6.07, 6.45) is 5.39. The van der Waals surface area contributed by atoms with Crippen molar-refractivity contribution in [2.45, 2.75) is 32.7 Å². The fourth-order valence-corrected chi connectivity index (χ4v) is 2.03. The van der Waals surface area contributed by atoms with Crippen molar-refractivity contribution in [1.82, 2.24) is 14.5 Å². The SMILES string of the molecule is CCN(CC)C(=O)CNc1nccn(C2CC2)c1=O. The van der Waals surface area contributed by atoms with Gasteiger partial charge in [0.05, 0.1) is 6.54 Å². The zero-order valence-corrected chi connectivity index (χ0v) is 11.4. The number of hydrogen-bond acceptors (Lipinski definition) is 4. The van der Waals surface area contributed by atoms with E-state index in [2.05, 4.69) is 10.3 Å². The van der Waals surface area contributed by atoms with Gasteiger partial charge in [-0.3, -0.25) is 9.59 Å². The number of likely N-dealkylation sites (N-methyl/N-ethyl adjacent to an activating group) is 1. The lowest BCUT2D eigenvalue weighted by molar-refractivity contribution is -0.128. The molecule has 1 N–H and O–H groups in total. The van der Waals surface area contributed by atoms with E-state index in [9.17, 15) is 9.59 Å². The molecule has 19 heavy (non-hydrogen) atoms. The summed E-state index contributed by atoms with van der Waals surface area (Å²) >= 11 is 0. The molecule has 0 saturated heterocycles. The molecular formula is C13H20N4O2. The largest absolute Gasteiger partial charge is 0.356 e. The van der Waals surface area contributed by atoms with Crippen molar-refractivity contribution in [3.05, 3.63) is 22.7 Å². The van der Waals surface area contributed by atoms with Gasteiger partial charge in [-0.25, -0.2) is 4.98 Å². The first kappa shape index (κ1) is 13.6. The van der Waals surface area contributed by atoms with E-state index >= 15 is 0 Å². The van der Waals surface area contributed by atoms with Crippen LogP contribution in [0.4, 0.5) is 5.82 Å². The predicted molar refractivity (Wildman–Crippen MR) is 73.2 cm³/mol. The van der Waals surface area contributed by atoms with Crippen LogP contribution < -0.4 is 10.9 Å². The Labute approximate surface area is 112 Å². The van der Waals surface area contributed by atoms with Gasteiger partial charge in [0.25, 0.3) is 5.56 Å². The molecule has 1 amide bonds. The molecule has 0 bridgehead atoms. The van der Waals surface area contributed by atoms with Crippen molar-refractivity contribution >= 4 is 11.7 Å². The number of rotatable bonds is 6. The Morgan fingerprint density at radius 1 is 1.47 bits per heavy atom. The van der Waals surface area contributed by atoms with E-state index in [0.29, 0.717) is 19.1 Å². The van der Waals surface area contributed by atoms with E-state index in [1.165, 1.54) is 0 Å². The van der Waals surface area contributed by atoms with Gasteiger partial charge in [0.15, 0.2) is 5.82 Å². The van der Waals surface area contributed by atoms with Gasteiger partial charge >= 0.3 is 0 Å². The monoisotopic (exact) mass is 264 g/mol. The third-order valence-electron chi connectivity index (χ3n) is 3.33. The molecule has 1 aliphatic carbocycles. The van der Waals surface area contributed by atoms with Crippen LogP contribution in [0, 0.1) is 0 Å². The van der Waals surface area contributed by atoms with Crippen molar-refractivity contribution in [2.75, 3.05) is 25.0 Å². The number of nitrogens with zero attached hydrogens (tertiary/aromatic N) is 3. The smallest absolute Gasteiger partial charge is 0.293 e. The van der Waals surface area contributed by atoms with Gasteiger partial charge in [0.2, 0.25) is 5.91 Å². The number of nitrogens with one attached hydrogen (secondary N) is 1. The number of amides is 1. The summed E-state index contributed by atoms with van der Waals surface area (Å²) < 4.78 is 1.69. The standard InChI is InChI=1S/C13H20N4O2/c1-3-16(4-2)11(18)9-15-12-13(19)17(8-7-14-12)10-5-6-10/h7-8,10H,3-6,9H2,1-2H3,(H,14,15). The summed E-state index contributed by atoms with van der Waals surface area (Å²) in [7, 11) is 0. The Morgan fingerprint density at radius 2 is 2.16 bits per heavy atom. The summed E-state index contributed by atoms with van der Waals surface area (Å²) in [6.45, 7) is 5.32. The van der Waals surface area contributed by atoms with Crippen molar-refractivity contribution in [1.29, 1.82) is 0 Å². The number of hydrogen-bond donors (Lipinski definition) is 1. The quantitative estimate of drug-likeness (QED) is 0.827. The fourth-order valence-electron chi connectivity index (χ4n) is 2.03. The molecule has 1 aliphatic rings. The summed E-state index contributed by atoms with van der Waals surface area (Å²) in [4.78, 5) is 29.7. The third kappa shape index (κ3) is 3.13. The average Bonchev–Trinajstić information content (AvgIpc) is 3.23. The minimum Gasteiger partial charge on any atom is -0.356 e. The highest BCUT2D eigenvalue weighted by molar-refractivity contribution is 5.80. The van der Waals surface area contributed by atoms with E-state index in [4.69, 9.17) is 0 Å². The molecule has 104 valence electrons.